The highest BCUT2D eigenvalue weighted by molar-refractivity contribution is 4.43. The molecule has 0 bridgehead atoms. The van der Waals surface area contributed by atoms with Crippen LogP contribution in [0.3, 0.4) is 0 Å². The van der Waals surface area contributed by atoms with Crippen LogP contribution >= 0.6 is 0 Å². The summed E-state index contributed by atoms with van der Waals surface area (Å²) in [6.07, 6.45) is 8.14. The minimum absolute atomic E-state index is 0. The Morgan fingerprint density at radius 3 is 1.00 bits per heavy atom. The monoisotopic (exact) mass is 416 g/mol. The topological polar surface area (TPSA) is 0 Å². The van der Waals surface area contributed by atoms with Gasteiger partial charge in [0, 0.05) is 12.8 Å². The van der Waals surface area contributed by atoms with Crippen LogP contribution in [0.2, 0.25) is 0 Å². The van der Waals surface area contributed by atoms with Gasteiger partial charge >= 0.3 is 0 Å². The van der Waals surface area contributed by atoms with Gasteiger partial charge in [-0.3, -0.25) is 0 Å². The fourth-order valence-electron chi connectivity index (χ4n) is 2.48. The number of hydrogen-bond acceptors (Lipinski definition) is 0. The lowest BCUT2D eigenvalue weighted by Crippen LogP contribution is -3.00. The molecule has 0 atom stereocenters. The fourth-order valence-corrected chi connectivity index (χ4v) is 2.48. The van der Waals surface area contributed by atoms with Crippen molar-refractivity contribution in [1.29, 1.82) is 0 Å². The summed E-state index contributed by atoms with van der Waals surface area (Å²) in [5.41, 5.74) is 0. The molecule has 0 saturated carbocycles. The quantitative estimate of drug-likeness (QED) is 0.258. The van der Waals surface area contributed by atoms with Crippen molar-refractivity contribution >= 4 is 0 Å². The van der Waals surface area contributed by atoms with E-state index in [1.165, 1.54) is 73.7 Å². The zero-order valence-corrected chi connectivity index (χ0v) is 17.9. The molecule has 0 N–H and O–H groups in total. The molecule has 4 heteroatoms. The van der Waals surface area contributed by atoms with Gasteiger partial charge in [0.2, 0.25) is 0 Å². The number of unbranched alkanes of at least 4 members (excludes halogenated alkanes) is 3. The smallest absolute Gasteiger partial charge is 0.0784 e. The first-order valence-electron chi connectivity index (χ1n) is 7.97. The van der Waals surface area contributed by atoms with Gasteiger partial charge in [0.1, 0.15) is 0 Å². The van der Waals surface area contributed by atoms with Crippen LogP contribution < -0.4 is 34.0 Å². The number of halogens is 2. The average Bonchev–Trinajstić information content (AvgIpc) is 2.30. The molecule has 0 fully saturated rings. The Labute approximate surface area is 149 Å². The maximum Gasteiger partial charge on any atom is 0.0784 e. The molecule has 2 nitrogen and oxygen atoms in total. The molecule has 0 amide bonds. The van der Waals surface area contributed by atoms with Crippen LogP contribution in [0, 0.1) is 0 Å². The summed E-state index contributed by atoms with van der Waals surface area (Å²) < 4.78 is 2.41. The summed E-state index contributed by atoms with van der Waals surface area (Å²) in [5.74, 6) is 0. The summed E-state index contributed by atoms with van der Waals surface area (Å²) in [5, 5.41) is 0. The lowest BCUT2D eigenvalue weighted by molar-refractivity contribution is -0.897. The Morgan fingerprint density at radius 1 is 0.500 bits per heavy atom. The highest BCUT2D eigenvalue weighted by Crippen LogP contribution is 2.08. The van der Waals surface area contributed by atoms with Gasteiger partial charge in [-0.25, -0.2) is 0 Å². The van der Waals surface area contributed by atoms with E-state index in [9.17, 15) is 0 Å². The molecule has 0 aromatic carbocycles. The summed E-state index contributed by atoms with van der Waals surface area (Å²) in [4.78, 5) is 0. The van der Waals surface area contributed by atoms with Crippen molar-refractivity contribution in [3.63, 3.8) is 0 Å². The molecule has 0 spiro atoms. The first kappa shape index (κ1) is 25.8. The summed E-state index contributed by atoms with van der Waals surface area (Å²) in [7, 11) is 9.53. The lowest BCUT2D eigenvalue weighted by Gasteiger charge is -2.32. The third-order valence-electron chi connectivity index (χ3n) is 4.01. The van der Waals surface area contributed by atoms with E-state index in [1.807, 2.05) is 0 Å². The van der Waals surface area contributed by atoms with Crippen LogP contribution in [-0.4, -0.2) is 63.3 Å². The minimum Gasteiger partial charge on any atom is -1.00 e. The van der Waals surface area contributed by atoms with Crippen molar-refractivity contribution in [3.8, 4) is 0 Å². The van der Waals surface area contributed by atoms with Crippen LogP contribution in [0.5, 0.6) is 0 Å². The van der Waals surface area contributed by atoms with E-state index in [0.717, 1.165) is 0 Å². The lowest BCUT2D eigenvalue weighted by atomic mass is 10.2. The number of nitrogens with zero attached hydrogens (tertiary/aromatic N) is 2. The van der Waals surface area contributed by atoms with E-state index in [-0.39, 0.29) is 34.0 Å². The van der Waals surface area contributed by atoms with Gasteiger partial charge in [-0.1, -0.05) is 26.7 Å². The Morgan fingerprint density at radius 2 is 0.750 bits per heavy atom. The van der Waals surface area contributed by atoms with E-state index >= 15 is 0 Å². The highest BCUT2D eigenvalue weighted by atomic mass is 79.9. The van der Waals surface area contributed by atoms with E-state index in [2.05, 4.69) is 42.0 Å². The second-order valence-electron chi connectivity index (χ2n) is 7.18. The SMILES string of the molecule is CCCC[N+](C)(C)CCCC[N+](C)(C)CCCC.[Br-].[Br-]. The Kier molecular flexibility index (Phi) is 17.5. The Balaban J connectivity index is -0.00000144. The number of quaternary nitrogens is 2. The largest absolute Gasteiger partial charge is 1.00 e. The van der Waals surface area contributed by atoms with Crippen molar-refractivity contribution in [1.82, 2.24) is 0 Å². The van der Waals surface area contributed by atoms with Gasteiger partial charge < -0.3 is 42.9 Å². The molecule has 0 aliphatic rings. The van der Waals surface area contributed by atoms with Crippen LogP contribution in [0.4, 0.5) is 0 Å². The van der Waals surface area contributed by atoms with Crippen LogP contribution in [0.1, 0.15) is 52.4 Å². The molecular weight excluding hydrogens is 380 g/mol. The molecule has 0 aromatic rings. The molecule has 0 rings (SSSR count). The third-order valence-corrected chi connectivity index (χ3v) is 4.01. The fraction of sp³-hybridized carbons (Fsp3) is 1.00. The summed E-state index contributed by atoms with van der Waals surface area (Å²) in [6, 6.07) is 0. The molecule has 126 valence electrons. The van der Waals surface area contributed by atoms with Gasteiger partial charge in [0.05, 0.1) is 54.4 Å². The van der Waals surface area contributed by atoms with Gasteiger partial charge in [-0.05, 0) is 12.8 Å². The van der Waals surface area contributed by atoms with E-state index in [1.54, 1.807) is 0 Å². The second kappa shape index (κ2) is 13.5. The molecule has 0 heterocycles. The van der Waals surface area contributed by atoms with Crippen LogP contribution in [-0.2, 0) is 0 Å². The van der Waals surface area contributed by atoms with Crippen molar-refractivity contribution in [2.75, 3.05) is 54.4 Å². The van der Waals surface area contributed by atoms with E-state index < -0.39 is 0 Å². The van der Waals surface area contributed by atoms with Crippen molar-refractivity contribution in [3.05, 3.63) is 0 Å². The van der Waals surface area contributed by atoms with E-state index in [4.69, 9.17) is 0 Å². The zero-order valence-electron chi connectivity index (χ0n) is 14.7. The Hall–Kier alpha value is 0.880. The molecular formula is C16H38Br2N2. The normalized spacial score (nSPS) is 11.7. The minimum atomic E-state index is 0. The predicted octanol–water partition coefficient (Wildman–Crippen LogP) is -2.47. The van der Waals surface area contributed by atoms with Crippen LogP contribution in [0.15, 0.2) is 0 Å². The van der Waals surface area contributed by atoms with Gasteiger partial charge in [0.15, 0.2) is 0 Å². The molecule has 0 unspecified atom stereocenters. The maximum absolute atomic E-state index is 2.38. The highest BCUT2D eigenvalue weighted by Gasteiger charge is 2.16. The van der Waals surface area contributed by atoms with Gasteiger partial charge in [-0.2, -0.15) is 0 Å². The maximum atomic E-state index is 2.38. The average molecular weight is 418 g/mol. The predicted molar refractivity (Wildman–Crippen MR) is 82.7 cm³/mol. The molecule has 0 saturated heterocycles. The van der Waals surface area contributed by atoms with Crippen molar-refractivity contribution in [2.24, 2.45) is 0 Å². The standard InChI is InChI=1S/C16H38N2.2BrH/c1-7-9-13-17(3,4)15-11-12-16-18(5,6)14-10-8-2;;/h7-16H2,1-6H3;2*1H/q+2;;/p-2. The van der Waals surface area contributed by atoms with Gasteiger partial charge in [0.25, 0.3) is 0 Å². The first-order chi connectivity index (χ1) is 8.33. The van der Waals surface area contributed by atoms with Crippen molar-refractivity contribution < 1.29 is 42.9 Å². The molecule has 20 heavy (non-hydrogen) atoms. The first-order valence-corrected chi connectivity index (χ1v) is 7.97. The van der Waals surface area contributed by atoms with Gasteiger partial charge in [-0.15, -0.1) is 0 Å². The molecule has 0 radical (unpaired) electrons. The third kappa shape index (κ3) is 15.3. The summed E-state index contributed by atoms with van der Waals surface area (Å²) >= 11 is 0. The number of hydrogen-bond donors (Lipinski definition) is 0. The number of rotatable bonds is 11. The van der Waals surface area contributed by atoms with Crippen LogP contribution in [0.25, 0.3) is 0 Å². The van der Waals surface area contributed by atoms with Crippen molar-refractivity contribution in [2.45, 2.75) is 52.4 Å². The molecule has 0 aliphatic heterocycles. The molecule has 0 aromatic heterocycles. The second-order valence-corrected chi connectivity index (χ2v) is 7.18. The Bertz CT molecular complexity index is 185. The molecule has 0 aliphatic carbocycles. The van der Waals surface area contributed by atoms with E-state index in [0.29, 0.717) is 0 Å². The summed E-state index contributed by atoms with van der Waals surface area (Å²) in [6.45, 7) is 9.93. The zero-order chi connectivity index (χ0) is 14.1.